The summed E-state index contributed by atoms with van der Waals surface area (Å²) in [6.45, 7) is 1.10. The topological polar surface area (TPSA) is 235 Å². The molecule has 0 saturated carbocycles. The van der Waals surface area contributed by atoms with Crippen LogP contribution in [-0.4, -0.2) is 92.1 Å². The third-order valence-electron chi connectivity index (χ3n) is 15.1. The maximum absolute atomic E-state index is 12.4. The van der Waals surface area contributed by atoms with Gasteiger partial charge in [-0.05, 0) is 32.2 Å². The number of phosphoric ester groups is 3. The fourth-order valence-electron chi connectivity index (χ4n) is 10.3. The van der Waals surface area contributed by atoms with Crippen LogP contribution in [0.3, 0.4) is 0 Å². The van der Waals surface area contributed by atoms with Gasteiger partial charge in [0.2, 0.25) is 0 Å². The normalized spacial score (nSPS) is 20.3. The maximum Gasteiger partial charge on any atom is 0.472 e. The highest BCUT2D eigenvalue weighted by atomic mass is 31.2. The summed E-state index contributed by atoms with van der Waals surface area (Å²) in [5.41, 5.74) is 5.47. The van der Waals surface area contributed by atoms with Crippen LogP contribution < -0.4 is 10.6 Å². The molecule has 0 aromatic heterocycles. The van der Waals surface area contributed by atoms with Crippen LogP contribution in [0.5, 0.6) is 0 Å². The quantitative estimate of drug-likeness (QED) is 0.0327. The molecular weight excluding hydrogens is 1030 g/mol. The maximum atomic E-state index is 12.4. The Bertz CT molecular complexity index is 1440. The van der Waals surface area contributed by atoms with E-state index in [2.05, 4.69) is 0 Å². The Morgan fingerprint density at radius 1 is 0.382 bits per heavy atom. The standard InChI is InChI=1S/C57H116NO15P3/c58-46-40-36-39-43-49-70-76(64,65)73-55-45-51-67-57(55)53-71-74(60,61)68-47-41-37-34-32-30-28-26-24-22-20-18-16-14-12-10-8-6-4-2-1-3-5-7-9-11-13-15-17-19-21-23-25-27-29-31-33-35-38-42-48-69-75(62,63)72-54-44-50-66-56(54)52-59/h54-57,59H,1-53,58H2,(H,60,61)(H,62,63)(H,64,65)/p-1/t54?,55-,56+,57+/m0/s1. The number of aliphatic hydroxyl groups is 1. The smallest absolute Gasteiger partial charge is 0.472 e. The van der Waals surface area contributed by atoms with Crippen LogP contribution in [0.1, 0.15) is 289 Å². The molecule has 0 aliphatic carbocycles. The lowest BCUT2D eigenvalue weighted by atomic mass is 10.0. The summed E-state index contributed by atoms with van der Waals surface area (Å²) in [5, 5.41) is 9.26. The van der Waals surface area contributed by atoms with Gasteiger partial charge in [-0.2, -0.15) is 0 Å². The SMILES string of the molecule is NCCCCCCOP(=O)([O-])O[C@H]1CCO[C@@H]1COP(=O)(O)OCCCCCCCCCCCCCCCCCCCCCCCCCCCCCCCCCCCCCCCCCOP(=O)(O)OC1CCO[C@@H]1CO. The zero-order chi connectivity index (χ0) is 54.9. The first-order valence-electron chi connectivity index (χ1n) is 31.4. The number of aliphatic hydroxyl groups excluding tert-OH is 1. The number of hydrogen-bond acceptors (Lipinski definition) is 14. The van der Waals surface area contributed by atoms with Crippen LogP contribution in [0.2, 0.25) is 0 Å². The molecule has 19 heteroatoms. The second kappa shape index (κ2) is 49.8. The third-order valence-corrected chi connectivity index (χ3v) is 18.1. The van der Waals surface area contributed by atoms with E-state index in [1.165, 1.54) is 205 Å². The lowest BCUT2D eigenvalue weighted by Gasteiger charge is -2.28. The molecule has 454 valence electrons. The summed E-state index contributed by atoms with van der Waals surface area (Å²) in [5.74, 6) is 0. The van der Waals surface area contributed by atoms with Crippen LogP contribution in [0.4, 0.5) is 0 Å². The van der Waals surface area contributed by atoms with Crippen molar-refractivity contribution in [3.8, 4) is 0 Å². The van der Waals surface area contributed by atoms with E-state index < -0.39 is 47.9 Å². The van der Waals surface area contributed by atoms with Crippen molar-refractivity contribution in [3.63, 3.8) is 0 Å². The van der Waals surface area contributed by atoms with Gasteiger partial charge >= 0.3 is 15.6 Å². The number of unbranched alkanes of at least 4 members (excludes halogenated alkanes) is 41. The number of phosphoric acid groups is 3. The second-order valence-corrected chi connectivity index (χ2v) is 26.3. The molecular formula is C57H115NO15P3-. The molecule has 0 radical (unpaired) electrons. The number of hydrogen-bond donors (Lipinski definition) is 4. The molecule has 2 aliphatic heterocycles. The van der Waals surface area contributed by atoms with Gasteiger partial charge in [0.1, 0.15) is 18.3 Å². The summed E-state index contributed by atoms with van der Waals surface area (Å²) in [6, 6.07) is 0. The van der Waals surface area contributed by atoms with Crippen molar-refractivity contribution < 1.29 is 70.1 Å². The largest absolute Gasteiger partial charge is 0.756 e. The van der Waals surface area contributed by atoms with Crippen LogP contribution >= 0.6 is 23.5 Å². The first-order valence-corrected chi connectivity index (χ1v) is 35.9. The van der Waals surface area contributed by atoms with Crippen LogP contribution in [0, 0.1) is 0 Å². The predicted molar refractivity (Wildman–Crippen MR) is 304 cm³/mol. The molecule has 2 aliphatic rings. The van der Waals surface area contributed by atoms with Gasteiger partial charge in [-0.1, -0.05) is 250 Å². The van der Waals surface area contributed by atoms with Gasteiger partial charge in [0.25, 0.3) is 7.82 Å². The molecule has 0 spiro atoms. The van der Waals surface area contributed by atoms with E-state index in [4.69, 9.17) is 42.3 Å². The molecule has 7 atom stereocenters. The number of nitrogens with two attached hydrogens (primary N) is 1. The lowest BCUT2D eigenvalue weighted by Crippen LogP contribution is -2.30. The minimum absolute atomic E-state index is 0.0350. The molecule has 0 aromatic carbocycles. The second-order valence-electron chi connectivity index (χ2n) is 22.0. The van der Waals surface area contributed by atoms with Crippen molar-refractivity contribution in [3.05, 3.63) is 0 Å². The van der Waals surface area contributed by atoms with Gasteiger partial charge in [0, 0.05) is 26.1 Å². The fourth-order valence-corrected chi connectivity index (χ4v) is 13.1. The molecule has 2 heterocycles. The minimum atomic E-state index is -4.54. The molecule has 2 saturated heterocycles. The van der Waals surface area contributed by atoms with Gasteiger partial charge in [-0.3, -0.25) is 22.7 Å². The van der Waals surface area contributed by atoms with Crippen LogP contribution in [-0.2, 0) is 50.3 Å². The fraction of sp³-hybridized carbons (Fsp3) is 1.00. The highest BCUT2D eigenvalue weighted by Crippen LogP contribution is 2.48. The van der Waals surface area contributed by atoms with Gasteiger partial charge in [-0.15, -0.1) is 0 Å². The van der Waals surface area contributed by atoms with Crippen LogP contribution in [0.15, 0.2) is 0 Å². The summed E-state index contributed by atoms with van der Waals surface area (Å²) >= 11 is 0. The van der Waals surface area contributed by atoms with E-state index in [9.17, 15) is 33.5 Å². The first kappa shape index (κ1) is 72.3. The number of ether oxygens (including phenoxy) is 2. The van der Waals surface area contributed by atoms with Gasteiger partial charge in [-0.25, -0.2) is 9.13 Å². The van der Waals surface area contributed by atoms with Crippen molar-refractivity contribution in [1.29, 1.82) is 0 Å². The summed E-state index contributed by atoms with van der Waals surface area (Å²) in [4.78, 5) is 32.3. The Kier molecular flexibility index (Phi) is 47.3. The van der Waals surface area contributed by atoms with Crippen molar-refractivity contribution >= 4 is 23.5 Å². The molecule has 2 rings (SSSR count). The van der Waals surface area contributed by atoms with Crippen molar-refractivity contribution in [1.82, 2.24) is 0 Å². The van der Waals surface area contributed by atoms with Gasteiger partial charge < -0.3 is 44.0 Å². The van der Waals surface area contributed by atoms with Crippen LogP contribution in [0.25, 0.3) is 0 Å². The summed E-state index contributed by atoms with van der Waals surface area (Å²) in [7, 11) is -12.9. The molecule has 16 nitrogen and oxygen atoms in total. The van der Waals surface area contributed by atoms with Crippen molar-refractivity contribution in [2.75, 3.05) is 52.8 Å². The Hall–Kier alpha value is 0.170. The monoisotopic (exact) mass is 1150 g/mol. The highest BCUT2D eigenvalue weighted by molar-refractivity contribution is 7.47. The van der Waals surface area contributed by atoms with Gasteiger partial charge in [0.15, 0.2) is 0 Å². The first-order chi connectivity index (χ1) is 37.0. The molecule has 5 N–H and O–H groups in total. The Balaban J connectivity index is 1.19. The minimum Gasteiger partial charge on any atom is -0.756 e. The van der Waals surface area contributed by atoms with E-state index >= 15 is 0 Å². The van der Waals surface area contributed by atoms with Gasteiger partial charge in [0.05, 0.1) is 39.1 Å². The number of rotatable bonds is 59. The molecule has 0 aromatic rings. The van der Waals surface area contributed by atoms with E-state index in [1.54, 1.807) is 0 Å². The molecule has 0 bridgehead atoms. The van der Waals surface area contributed by atoms with E-state index in [1.807, 2.05) is 0 Å². The Morgan fingerprint density at radius 3 is 0.987 bits per heavy atom. The molecule has 76 heavy (non-hydrogen) atoms. The predicted octanol–water partition coefficient (Wildman–Crippen LogP) is 15.8. The molecule has 0 amide bonds. The third kappa shape index (κ3) is 43.8. The summed E-state index contributed by atoms with van der Waals surface area (Å²) in [6.07, 6.45) is 51.8. The zero-order valence-corrected chi connectivity index (χ0v) is 50.6. The van der Waals surface area contributed by atoms with E-state index in [0.29, 0.717) is 38.8 Å². The van der Waals surface area contributed by atoms with E-state index in [0.717, 1.165) is 57.8 Å². The average molecular weight is 1150 g/mol. The zero-order valence-electron chi connectivity index (χ0n) is 47.9. The molecule has 2 fully saturated rings. The molecule has 4 unspecified atom stereocenters. The highest BCUT2D eigenvalue weighted by Gasteiger charge is 2.37. The lowest BCUT2D eigenvalue weighted by molar-refractivity contribution is -0.231. The summed E-state index contributed by atoms with van der Waals surface area (Å²) < 4.78 is 78.3. The average Bonchev–Trinajstić information content (AvgIpc) is 4.04. The van der Waals surface area contributed by atoms with Crippen molar-refractivity contribution in [2.24, 2.45) is 5.73 Å². The van der Waals surface area contributed by atoms with E-state index in [-0.39, 0.29) is 39.6 Å². The van der Waals surface area contributed by atoms with Crippen molar-refractivity contribution in [2.45, 2.75) is 313 Å². The Morgan fingerprint density at radius 2 is 0.658 bits per heavy atom. The Labute approximate surface area is 463 Å².